The molecule has 1 heterocycles. The molecule has 1 atom stereocenters. The number of hydrogen-bond donors (Lipinski definition) is 1. The van der Waals surface area contributed by atoms with Gasteiger partial charge in [-0.3, -0.25) is 0 Å². The van der Waals surface area contributed by atoms with E-state index >= 15 is 0 Å². The number of thiocarbonyl (C=S) groups is 1. The summed E-state index contributed by atoms with van der Waals surface area (Å²) in [5.41, 5.74) is 6.20. The Morgan fingerprint density at radius 3 is 2.90 bits per heavy atom. The van der Waals surface area contributed by atoms with Gasteiger partial charge in [0.25, 0.3) is 0 Å². The lowest BCUT2D eigenvalue weighted by atomic mass is 10.1. The Balaban J connectivity index is 2.53. The van der Waals surface area contributed by atoms with Crippen LogP contribution >= 0.6 is 24.0 Å². The van der Waals surface area contributed by atoms with E-state index in [1.54, 1.807) is 35.7 Å². The average molecular weight is 348 g/mol. The van der Waals surface area contributed by atoms with Gasteiger partial charge in [-0.25, -0.2) is 12.8 Å². The summed E-state index contributed by atoms with van der Waals surface area (Å²) >= 11 is 6.51. The van der Waals surface area contributed by atoms with Crippen LogP contribution in [0.3, 0.4) is 0 Å². The number of halogens is 1. The van der Waals surface area contributed by atoms with Crippen molar-refractivity contribution in [1.29, 1.82) is 0 Å². The van der Waals surface area contributed by atoms with Crippen LogP contribution in [0.4, 0.5) is 10.1 Å². The van der Waals surface area contributed by atoms with Gasteiger partial charge in [-0.05, 0) is 12.1 Å². The molecular formula is C13H17FN2O2S3. The SMILES string of the molecule is CCS(=O)(=O)C1CSCCN1c1cccc(F)c1C(N)=S. The van der Waals surface area contributed by atoms with Crippen LogP contribution < -0.4 is 10.6 Å². The largest absolute Gasteiger partial charge is 0.389 e. The second kappa shape index (κ2) is 6.50. The molecule has 1 aromatic rings. The normalized spacial score (nSPS) is 19.5. The fourth-order valence-corrected chi connectivity index (χ4v) is 5.53. The maximum absolute atomic E-state index is 14.0. The van der Waals surface area contributed by atoms with Crippen LogP contribution in [0.2, 0.25) is 0 Å². The molecule has 2 rings (SSSR count). The molecule has 8 heteroatoms. The second-order valence-corrected chi connectivity index (χ2v) is 8.71. The molecular weight excluding hydrogens is 331 g/mol. The highest BCUT2D eigenvalue weighted by Gasteiger charge is 2.34. The Labute approximate surface area is 133 Å². The molecule has 1 aliphatic heterocycles. The third-order valence-corrected chi connectivity index (χ3v) is 6.94. The van der Waals surface area contributed by atoms with Gasteiger partial charge in [0.2, 0.25) is 0 Å². The summed E-state index contributed by atoms with van der Waals surface area (Å²) in [5, 5.41) is -0.670. The van der Waals surface area contributed by atoms with Gasteiger partial charge in [0.1, 0.15) is 16.2 Å². The summed E-state index contributed by atoms with van der Waals surface area (Å²) in [4.78, 5) is 1.65. The zero-order valence-electron chi connectivity index (χ0n) is 11.6. The van der Waals surface area contributed by atoms with Gasteiger partial charge in [-0.15, -0.1) is 0 Å². The Morgan fingerprint density at radius 1 is 1.57 bits per heavy atom. The molecule has 1 aromatic carbocycles. The molecule has 1 saturated heterocycles. The molecule has 0 aliphatic carbocycles. The molecule has 0 radical (unpaired) electrons. The van der Waals surface area contributed by atoms with Gasteiger partial charge in [0, 0.05) is 23.8 Å². The lowest BCUT2D eigenvalue weighted by Crippen LogP contribution is -2.48. The number of thioether (sulfide) groups is 1. The van der Waals surface area contributed by atoms with Crippen molar-refractivity contribution >= 4 is 44.5 Å². The maximum atomic E-state index is 14.0. The highest BCUT2D eigenvalue weighted by Crippen LogP contribution is 2.31. The van der Waals surface area contributed by atoms with E-state index in [0.29, 0.717) is 18.0 Å². The van der Waals surface area contributed by atoms with Crippen LogP contribution in [-0.4, -0.2) is 42.6 Å². The van der Waals surface area contributed by atoms with Gasteiger partial charge in [-0.1, -0.05) is 25.2 Å². The first-order valence-corrected chi connectivity index (χ1v) is 9.80. The quantitative estimate of drug-likeness (QED) is 0.837. The monoisotopic (exact) mass is 348 g/mol. The number of rotatable bonds is 4. The van der Waals surface area contributed by atoms with Crippen LogP contribution in [-0.2, 0) is 9.84 Å². The van der Waals surface area contributed by atoms with Crippen LogP contribution in [0.1, 0.15) is 12.5 Å². The highest BCUT2D eigenvalue weighted by atomic mass is 32.2. The lowest BCUT2D eigenvalue weighted by Gasteiger charge is -2.37. The molecule has 0 aromatic heterocycles. The first-order valence-electron chi connectivity index (χ1n) is 6.52. The molecule has 4 nitrogen and oxygen atoms in total. The van der Waals surface area contributed by atoms with Crippen molar-refractivity contribution < 1.29 is 12.8 Å². The van der Waals surface area contributed by atoms with Crippen LogP contribution in [0, 0.1) is 5.82 Å². The zero-order valence-corrected chi connectivity index (χ0v) is 14.0. The molecule has 0 bridgehead atoms. The number of nitrogens with zero attached hydrogens (tertiary/aromatic N) is 1. The predicted octanol–water partition coefficient (Wildman–Crippen LogP) is 1.77. The van der Waals surface area contributed by atoms with Crippen molar-refractivity contribution in [3.8, 4) is 0 Å². The summed E-state index contributed by atoms with van der Waals surface area (Å²) in [6.07, 6.45) is 0. The minimum Gasteiger partial charge on any atom is -0.389 e. The van der Waals surface area contributed by atoms with E-state index in [9.17, 15) is 12.8 Å². The molecule has 0 spiro atoms. The van der Waals surface area contributed by atoms with Crippen molar-refractivity contribution in [2.45, 2.75) is 12.3 Å². The summed E-state index contributed by atoms with van der Waals surface area (Å²) in [5.74, 6) is 0.768. The van der Waals surface area contributed by atoms with Crippen molar-refractivity contribution in [3.05, 3.63) is 29.6 Å². The van der Waals surface area contributed by atoms with E-state index in [1.807, 2.05) is 0 Å². The van der Waals surface area contributed by atoms with E-state index in [1.165, 1.54) is 6.07 Å². The first kappa shape index (κ1) is 16.5. The van der Waals surface area contributed by atoms with Crippen molar-refractivity contribution in [2.75, 3.05) is 28.7 Å². The molecule has 1 aliphatic rings. The van der Waals surface area contributed by atoms with E-state index in [-0.39, 0.29) is 16.3 Å². The number of anilines is 1. The van der Waals surface area contributed by atoms with Gasteiger partial charge < -0.3 is 10.6 Å². The Kier molecular flexibility index (Phi) is 5.11. The Bertz CT molecular complexity index is 649. The third kappa shape index (κ3) is 3.32. The summed E-state index contributed by atoms with van der Waals surface area (Å²) < 4.78 is 38.6. The lowest BCUT2D eigenvalue weighted by molar-refractivity contribution is 0.578. The highest BCUT2D eigenvalue weighted by molar-refractivity contribution is 8.01. The number of benzene rings is 1. The number of nitrogens with two attached hydrogens (primary N) is 1. The first-order chi connectivity index (χ1) is 9.88. The summed E-state index contributed by atoms with van der Waals surface area (Å²) in [7, 11) is -3.28. The van der Waals surface area contributed by atoms with E-state index < -0.39 is 21.0 Å². The van der Waals surface area contributed by atoms with Gasteiger partial charge in [0.05, 0.1) is 11.3 Å². The Hall–Kier alpha value is -0.860. The summed E-state index contributed by atoms with van der Waals surface area (Å²) in [6.45, 7) is 2.14. The molecule has 0 amide bonds. The predicted molar refractivity (Wildman–Crippen MR) is 90.2 cm³/mol. The fraction of sp³-hybridized carbons (Fsp3) is 0.462. The van der Waals surface area contributed by atoms with E-state index in [4.69, 9.17) is 18.0 Å². The fourth-order valence-electron chi connectivity index (χ4n) is 2.34. The zero-order chi connectivity index (χ0) is 15.6. The van der Waals surface area contributed by atoms with Crippen LogP contribution in [0.15, 0.2) is 18.2 Å². The Morgan fingerprint density at radius 2 is 2.29 bits per heavy atom. The van der Waals surface area contributed by atoms with Crippen LogP contribution in [0.5, 0.6) is 0 Å². The number of sulfone groups is 1. The molecule has 116 valence electrons. The minimum absolute atomic E-state index is 0.0481. The van der Waals surface area contributed by atoms with Crippen molar-refractivity contribution in [3.63, 3.8) is 0 Å². The van der Waals surface area contributed by atoms with E-state index in [2.05, 4.69) is 0 Å². The topological polar surface area (TPSA) is 63.4 Å². The number of hydrogen-bond acceptors (Lipinski definition) is 5. The minimum atomic E-state index is -3.28. The van der Waals surface area contributed by atoms with Crippen molar-refractivity contribution in [2.24, 2.45) is 5.73 Å². The third-order valence-electron chi connectivity index (χ3n) is 3.45. The van der Waals surface area contributed by atoms with Gasteiger partial charge in [-0.2, -0.15) is 11.8 Å². The standard InChI is InChI=1S/C13H17FN2O2S3/c1-2-21(17,18)11-8-20-7-6-16(11)10-5-3-4-9(14)12(10)13(15)19/h3-5,11H,2,6-8H2,1H3,(H2,15,19). The van der Waals surface area contributed by atoms with Crippen LogP contribution in [0.25, 0.3) is 0 Å². The molecule has 1 fully saturated rings. The smallest absolute Gasteiger partial charge is 0.171 e. The van der Waals surface area contributed by atoms with Crippen molar-refractivity contribution in [1.82, 2.24) is 0 Å². The average Bonchev–Trinajstić information content (AvgIpc) is 2.46. The molecule has 21 heavy (non-hydrogen) atoms. The maximum Gasteiger partial charge on any atom is 0.171 e. The molecule has 0 saturated carbocycles. The molecule has 1 unspecified atom stereocenters. The molecule has 2 N–H and O–H groups in total. The van der Waals surface area contributed by atoms with E-state index in [0.717, 1.165) is 5.75 Å². The van der Waals surface area contributed by atoms with Gasteiger partial charge in [0.15, 0.2) is 9.84 Å². The van der Waals surface area contributed by atoms with Gasteiger partial charge >= 0.3 is 0 Å². The summed E-state index contributed by atoms with van der Waals surface area (Å²) in [6, 6.07) is 4.50. The second-order valence-electron chi connectivity index (χ2n) is 4.67.